The molecule has 0 heterocycles. The van der Waals surface area contributed by atoms with Gasteiger partial charge >= 0.3 is 5.97 Å². The first-order valence-electron chi connectivity index (χ1n) is 5.10. The van der Waals surface area contributed by atoms with Crippen LogP contribution in [0.25, 0.3) is 0 Å². The molecule has 0 unspecified atom stereocenters. The monoisotopic (exact) mass is 223 g/mol. The van der Waals surface area contributed by atoms with E-state index in [9.17, 15) is 4.79 Å². The Morgan fingerprint density at radius 2 is 1.62 bits per heavy atom. The highest BCUT2D eigenvalue weighted by molar-refractivity contribution is 5.90. The predicted molar refractivity (Wildman–Crippen MR) is 69.2 cm³/mol. The first-order valence-corrected chi connectivity index (χ1v) is 5.10. The second kappa shape index (κ2) is 9.77. The third kappa shape index (κ3) is 6.65. The summed E-state index contributed by atoms with van der Waals surface area (Å²) in [6.45, 7) is 11.0. The van der Waals surface area contributed by atoms with Gasteiger partial charge in [0, 0.05) is 19.8 Å². The SMILES string of the molecule is C=C/C(=C\C=C(/C=C)N(C)C)C(=O)O.CC. The molecule has 0 rings (SSSR count). The molecule has 0 aliphatic heterocycles. The number of allylic oxidation sites excluding steroid dienone is 3. The van der Waals surface area contributed by atoms with E-state index in [4.69, 9.17) is 5.11 Å². The molecular weight excluding hydrogens is 202 g/mol. The van der Waals surface area contributed by atoms with Crippen LogP contribution in [0, 0.1) is 0 Å². The molecule has 3 nitrogen and oxygen atoms in total. The summed E-state index contributed by atoms with van der Waals surface area (Å²) in [6.07, 6.45) is 6.12. The minimum Gasteiger partial charge on any atom is -0.478 e. The maximum atomic E-state index is 10.6. The number of likely N-dealkylation sites (N-methyl/N-ethyl adjacent to an activating group) is 1. The Morgan fingerprint density at radius 1 is 1.12 bits per heavy atom. The number of hydrogen-bond acceptors (Lipinski definition) is 2. The fourth-order valence-electron chi connectivity index (χ4n) is 0.801. The van der Waals surface area contributed by atoms with Crippen molar-refractivity contribution in [2.45, 2.75) is 13.8 Å². The van der Waals surface area contributed by atoms with Gasteiger partial charge in [-0.15, -0.1) is 0 Å². The molecule has 3 heteroatoms. The molecule has 0 saturated heterocycles. The summed E-state index contributed by atoms with van der Waals surface area (Å²) in [5, 5.41) is 8.69. The number of carbonyl (C=O) groups is 1. The molecule has 0 spiro atoms. The van der Waals surface area contributed by atoms with E-state index in [-0.39, 0.29) is 5.57 Å². The summed E-state index contributed by atoms with van der Waals surface area (Å²) in [7, 11) is 3.71. The van der Waals surface area contributed by atoms with E-state index in [1.54, 1.807) is 12.2 Å². The van der Waals surface area contributed by atoms with Crippen molar-refractivity contribution in [3.05, 3.63) is 48.7 Å². The van der Waals surface area contributed by atoms with E-state index in [2.05, 4.69) is 13.2 Å². The van der Waals surface area contributed by atoms with Crippen LogP contribution in [0.1, 0.15) is 13.8 Å². The minimum absolute atomic E-state index is 0.159. The molecule has 0 aromatic heterocycles. The van der Waals surface area contributed by atoms with Crippen molar-refractivity contribution in [1.82, 2.24) is 4.90 Å². The van der Waals surface area contributed by atoms with Crippen molar-refractivity contribution in [3.63, 3.8) is 0 Å². The topological polar surface area (TPSA) is 40.5 Å². The Morgan fingerprint density at radius 3 is 1.88 bits per heavy atom. The van der Waals surface area contributed by atoms with E-state index in [0.717, 1.165) is 5.70 Å². The van der Waals surface area contributed by atoms with Gasteiger partial charge in [0.25, 0.3) is 0 Å². The molecule has 0 aromatic rings. The molecule has 0 amide bonds. The van der Waals surface area contributed by atoms with Crippen LogP contribution in [0.5, 0.6) is 0 Å². The average molecular weight is 223 g/mol. The molecule has 0 aromatic carbocycles. The first-order chi connectivity index (χ1) is 7.52. The van der Waals surface area contributed by atoms with E-state index < -0.39 is 5.97 Å². The van der Waals surface area contributed by atoms with Crippen LogP contribution in [0.2, 0.25) is 0 Å². The third-order valence-electron chi connectivity index (χ3n) is 1.63. The lowest BCUT2D eigenvalue weighted by atomic mass is 10.2. The lowest BCUT2D eigenvalue weighted by Gasteiger charge is -2.12. The van der Waals surface area contributed by atoms with Gasteiger partial charge in [0.05, 0.1) is 5.57 Å². The number of carboxylic acid groups (broad SMARTS) is 1. The standard InChI is InChI=1S/C11H15NO2.C2H6/c1-5-9(11(13)14)7-8-10(6-2)12(3)4;1-2/h5-8H,1-2H2,3-4H3,(H,13,14);1-2H3/b9-7+,10-8+;. The summed E-state index contributed by atoms with van der Waals surface area (Å²) in [5.41, 5.74) is 0.997. The minimum atomic E-state index is -0.988. The molecule has 0 aliphatic carbocycles. The summed E-state index contributed by atoms with van der Waals surface area (Å²) in [5.74, 6) is -0.988. The van der Waals surface area contributed by atoms with Crippen LogP contribution in [0.4, 0.5) is 0 Å². The highest BCUT2D eigenvalue weighted by Crippen LogP contribution is 2.03. The Balaban J connectivity index is 0. The van der Waals surface area contributed by atoms with Gasteiger partial charge in [0.1, 0.15) is 0 Å². The van der Waals surface area contributed by atoms with Gasteiger partial charge in [-0.05, 0) is 18.2 Å². The molecular formula is C13H21NO2. The normalized spacial score (nSPS) is 11.0. The van der Waals surface area contributed by atoms with Gasteiger partial charge in [-0.25, -0.2) is 4.79 Å². The van der Waals surface area contributed by atoms with Crippen LogP contribution >= 0.6 is 0 Å². The lowest BCUT2D eigenvalue weighted by molar-refractivity contribution is -0.132. The van der Waals surface area contributed by atoms with E-state index in [0.29, 0.717) is 0 Å². The summed E-state index contributed by atoms with van der Waals surface area (Å²) >= 11 is 0. The fraction of sp³-hybridized carbons (Fsp3) is 0.308. The largest absolute Gasteiger partial charge is 0.478 e. The highest BCUT2D eigenvalue weighted by Gasteiger charge is 2.00. The van der Waals surface area contributed by atoms with E-state index >= 15 is 0 Å². The number of hydrogen-bond donors (Lipinski definition) is 1. The number of rotatable bonds is 5. The van der Waals surface area contributed by atoms with Crippen molar-refractivity contribution >= 4 is 5.97 Å². The average Bonchev–Trinajstić information content (AvgIpc) is 2.26. The zero-order valence-electron chi connectivity index (χ0n) is 10.5. The van der Waals surface area contributed by atoms with Crippen molar-refractivity contribution in [2.24, 2.45) is 0 Å². The van der Waals surface area contributed by atoms with Crippen molar-refractivity contribution in [2.75, 3.05) is 14.1 Å². The fourth-order valence-corrected chi connectivity index (χ4v) is 0.801. The zero-order chi connectivity index (χ0) is 13.1. The first kappa shape index (κ1) is 16.7. The van der Waals surface area contributed by atoms with Crippen molar-refractivity contribution < 1.29 is 9.90 Å². The molecule has 0 fully saturated rings. The van der Waals surface area contributed by atoms with Crippen LogP contribution in [0.15, 0.2) is 48.7 Å². The molecule has 0 bridgehead atoms. The van der Waals surface area contributed by atoms with Gasteiger partial charge in [-0.2, -0.15) is 0 Å². The van der Waals surface area contributed by atoms with Crippen LogP contribution in [-0.2, 0) is 4.79 Å². The number of carboxylic acids is 1. The molecule has 0 radical (unpaired) electrons. The molecule has 1 N–H and O–H groups in total. The quantitative estimate of drug-likeness (QED) is 0.575. The Labute approximate surface area is 98.1 Å². The smallest absolute Gasteiger partial charge is 0.335 e. The lowest BCUT2D eigenvalue weighted by Crippen LogP contribution is -2.08. The highest BCUT2D eigenvalue weighted by atomic mass is 16.4. The molecule has 90 valence electrons. The third-order valence-corrected chi connectivity index (χ3v) is 1.63. The predicted octanol–water partition coefficient (Wildman–Crippen LogP) is 2.84. The molecule has 16 heavy (non-hydrogen) atoms. The van der Waals surface area contributed by atoms with Crippen LogP contribution < -0.4 is 0 Å². The van der Waals surface area contributed by atoms with Crippen LogP contribution in [0.3, 0.4) is 0 Å². The molecule has 0 aliphatic rings. The molecule has 0 saturated carbocycles. The molecule has 0 atom stereocenters. The zero-order valence-corrected chi connectivity index (χ0v) is 10.5. The van der Waals surface area contributed by atoms with Gasteiger partial charge in [-0.1, -0.05) is 33.1 Å². The summed E-state index contributed by atoms with van der Waals surface area (Å²) in [6, 6.07) is 0. The van der Waals surface area contributed by atoms with Crippen LogP contribution in [-0.4, -0.2) is 30.1 Å². The second-order valence-corrected chi connectivity index (χ2v) is 2.82. The summed E-state index contributed by atoms with van der Waals surface area (Å²) in [4.78, 5) is 12.4. The Hall–Kier alpha value is -1.77. The van der Waals surface area contributed by atoms with Gasteiger partial charge in [0.15, 0.2) is 0 Å². The van der Waals surface area contributed by atoms with E-state index in [1.807, 2.05) is 32.8 Å². The van der Waals surface area contributed by atoms with Crippen molar-refractivity contribution in [1.29, 1.82) is 0 Å². The summed E-state index contributed by atoms with van der Waals surface area (Å²) < 4.78 is 0. The van der Waals surface area contributed by atoms with Gasteiger partial charge in [0.2, 0.25) is 0 Å². The van der Waals surface area contributed by atoms with Gasteiger partial charge in [-0.3, -0.25) is 0 Å². The van der Waals surface area contributed by atoms with E-state index in [1.165, 1.54) is 12.2 Å². The number of nitrogens with zero attached hydrogens (tertiary/aromatic N) is 1. The Kier molecular flexibility index (Phi) is 10.2. The maximum Gasteiger partial charge on any atom is 0.335 e. The second-order valence-electron chi connectivity index (χ2n) is 2.82. The van der Waals surface area contributed by atoms with Crippen molar-refractivity contribution in [3.8, 4) is 0 Å². The Bertz CT molecular complexity index is 299. The number of aliphatic carboxylic acids is 1. The maximum absolute atomic E-state index is 10.6. The van der Waals surface area contributed by atoms with Gasteiger partial charge < -0.3 is 10.0 Å².